The topological polar surface area (TPSA) is 29.1 Å². The van der Waals surface area contributed by atoms with Gasteiger partial charge in [-0.3, -0.25) is 4.79 Å². The highest BCUT2D eigenvalue weighted by Gasteiger charge is 2.08. The van der Waals surface area contributed by atoms with Gasteiger partial charge in [0, 0.05) is 18.2 Å². The number of aryl methyl sites for hydroxylation is 1. The lowest BCUT2D eigenvalue weighted by Gasteiger charge is -2.08. The van der Waals surface area contributed by atoms with E-state index >= 15 is 0 Å². The minimum atomic E-state index is -0.602. The molecule has 0 spiro atoms. The molecule has 0 unspecified atom stereocenters. The van der Waals surface area contributed by atoms with Gasteiger partial charge in [-0.25, -0.2) is 8.78 Å². The smallest absolute Gasteiger partial charge is 0.251 e. The Labute approximate surface area is 116 Å². The predicted molar refractivity (Wildman–Crippen MR) is 73.6 cm³/mol. The third kappa shape index (κ3) is 3.41. The molecule has 0 bridgehead atoms. The van der Waals surface area contributed by atoms with E-state index in [2.05, 4.69) is 5.32 Å². The van der Waals surface area contributed by atoms with Gasteiger partial charge in [-0.2, -0.15) is 0 Å². The van der Waals surface area contributed by atoms with Crippen LogP contribution >= 0.6 is 0 Å². The van der Waals surface area contributed by atoms with Gasteiger partial charge in [0.2, 0.25) is 0 Å². The van der Waals surface area contributed by atoms with Crippen LogP contribution < -0.4 is 5.32 Å². The van der Waals surface area contributed by atoms with Crippen molar-refractivity contribution < 1.29 is 13.6 Å². The Bertz CT molecular complexity index is 626. The van der Waals surface area contributed by atoms with Crippen LogP contribution in [0.1, 0.15) is 21.5 Å². The van der Waals surface area contributed by atoms with Gasteiger partial charge in [-0.1, -0.05) is 24.3 Å². The number of halogens is 2. The number of nitrogens with one attached hydrogen (secondary N) is 1. The first-order valence-electron chi connectivity index (χ1n) is 6.35. The molecule has 20 heavy (non-hydrogen) atoms. The first-order chi connectivity index (χ1) is 9.58. The van der Waals surface area contributed by atoms with E-state index in [1.807, 2.05) is 19.1 Å². The summed E-state index contributed by atoms with van der Waals surface area (Å²) < 4.78 is 26.2. The van der Waals surface area contributed by atoms with Crippen LogP contribution in [-0.4, -0.2) is 12.5 Å². The van der Waals surface area contributed by atoms with Crippen molar-refractivity contribution in [2.24, 2.45) is 0 Å². The molecule has 0 saturated carbocycles. The monoisotopic (exact) mass is 275 g/mol. The zero-order valence-electron chi connectivity index (χ0n) is 11.1. The first-order valence-corrected chi connectivity index (χ1v) is 6.35. The van der Waals surface area contributed by atoms with Crippen LogP contribution in [0.15, 0.2) is 42.5 Å². The summed E-state index contributed by atoms with van der Waals surface area (Å²) in [6.07, 6.45) is 0.323. The zero-order valence-corrected chi connectivity index (χ0v) is 11.1. The van der Waals surface area contributed by atoms with Gasteiger partial charge in [0.25, 0.3) is 5.91 Å². The fourth-order valence-electron chi connectivity index (χ4n) is 1.96. The maximum Gasteiger partial charge on any atom is 0.251 e. The van der Waals surface area contributed by atoms with Crippen molar-refractivity contribution in [2.45, 2.75) is 13.3 Å². The summed E-state index contributed by atoms with van der Waals surface area (Å²) in [6.45, 7) is 2.16. The Balaban J connectivity index is 1.93. The maximum absolute atomic E-state index is 13.4. The molecule has 0 radical (unpaired) electrons. The van der Waals surface area contributed by atoms with E-state index in [-0.39, 0.29) is 5.91 Å². The molecular formula is C16H15F2NO. The number of carbonyl (C=O) groups is 1. The fourth-order valence-corrected chi connectivity index (χ4v) is 1.96. The largest absolute Gasteiger partial charge is 0.352 e. The third-order valence-corrected chi connectivity index (χ3v) is 3.08. The van der Waals surface area contributed by atoms with Gasteiger partial charge in [0.1, 0.15) is 11.6 Å². The highest BCUT2D eigenvalue weighted by Crippen LogP contribution is 2.10. The highest BCUT2D eigenvalue weighted by molar-refractivity contribution is 5.95. The second-order valence-electron chi connectivity index (χ2n) is 4.56. The second-order valence-corrected chi connectivity index (χ2v) is 4.56. The Morgan fingerprint density at radius 1 is 1.15 bits per heavy atom. The number of rotatable bonds is 4. The average Bonchev–Trinajstić information content (AvgIpc) is 2.41. The van der Waals surface area contributed by atoms with Crippen LogP contribution in [0.4, 0.5) is 8.78 Å². The zero-order chi connectivity index (χ0) is 14.5. The van der Waals surface area contributed by atoms with E-state index in [0.717, 1.165) is 11.6 Å². The SMILES string of the molecule is Cc1ccccc1C(=O)NCCc1ccc(F)cc1F. The molecule has 1 amide bonds. The van der Waals surface area contributed by atoms with E-state index in [1.165, 1.54) is 12.1 Å². The molecule has 0 saturated heterocycles. The van der Waals surface area contributed by atoms with Gasteiger partial charge in [0.15, 0.2) is 0 Å². The summed E-state index contributed by atoms with van der Waals surface area (Å²) in [5.41, 5.74) is 1.88. The Hall–Kier alpha value is -2.23. The predicted octanol–water partition coefficient (Wildman–Crippen LogP) is 3.25. The van der Waals surface area contributed by atoms with Gasteiger partial charge in [-0.15, -0.1) is 0 Å². The molecule has 2 nitrogen and oxygen atoms in total. The normalized spacial score (nSPS) is 10.3. The van der Waals surface area contributed by atoms with Crippen LogP contribution in [0, 0.1) is 18.6 Å². The summed E-state index contributed by atoms with van der Waals surface area (Å²) in [6, 6.07) is 10.7. The minimum absolute atomic E-state index is 0.189. The average molecular weight is 275 g/mol. The molecule has 0 atom stereocenters. The number of hydrogen-bond donors (Lipinski definition) is 1. The van der Waals surface area contributed by atoms with Gasteiger partial charge in [0.05, 0.1) is 0 Å². The molecule has 0 aliphatic carbocycles. The van der Waals surface area contributed by atoms with Crippen LogP contribution in [0.3, 0.4) is 0 Å². The van der Waals surface area contributed by atoms with Gasteiger partial charge in [-0.05, 0) is 36.6 Å². The Kier molecular flexibility index (Phi) is 4.45. The third-order valence-electron chi connectivity index (χ3n) is 3.08. The van der Waals surface area contributed by atoms with Crippen molar-refractivity contribution >= 4 is 5.91 Å². The minimum Gasteiger partial charge on any atom is -0.352 e. The summed E-state index contributed by atoms with van der Waals surface area (Å²) in [4.78, 5) is 11.9. The molecule has 0 aliphatic heterocycles. The van der Waals surface area contributed by atoms with Gasteiger partial charge < -0.3 is 5.32 Å². The molecule has 2 aromatic carbocycles. The van der Waals surface area contributed by atoms with Crippen molar-refractivity contribution in [3.05, 3.63) is 70.8 Å². The molecule has 4 heteroatoms. The summed E-state index contributed by atoms with van der Waals surface area (Å²) in [5, 5.41) is 2.73. The quantitative estimate of drug-likeness (QED) is 0.911. The van der Waals surface area contributed by atoms with Crippen molar-refractivity contribution in [1.29, 1.82) is 0 Å². The molecule has 0 fully saturated rings. The molecule has 0 aromatic heterocycles. The van der Waals surface area contributed by atoms with Crippen LogP contribution in [0.25, 0.3) is 0 Å². The number of benzene rings is 2. The molecular weight excluding hydrogens is 260 g/mol. The second kappa shape index (κ2) is 6.28. The summed E-state index contributed by atoms with van der Waals surface area (Å²) in [5.74, 6) is -1.38. The number of hydrogen-bond acceptors (Lipinski definition) is 1. The first kappa shape index (κ1) is 14.2. The maximum atomic E-state index is 13.4. The van der Waals surface area contributed by atoms with E-state index in [0.29, 0.717) is 24.1 Å². The molecule has 104 valence electrons. The highest BCUT2D eigenvalue weighted by atomic mass is 19.1. The Morgan fingerprint density at radius 2 is 1.90 bits per heavy atom. The fraction of sp³-hybridized carbons (Fsp3) is 0.188. The molecule has 0 heterocycles. The van der Waals surface area contributed by atoms with Crippen LogP contribution in [0.2, 0.25) is 0 Å². The Morgan fingerprint density at radius 3 is 2.60 bits per heavy atom. The lowest BCUT2D eigenvalue weighted by molar-refractivity contribution is 0.0953. The molecule has 0 aliphatic rings. The lowest BCUT2D eigenvalue weighted by atomic mass is 10.1. The van der Waals surface area contributed by atoms with Crippen molar-refractivity contribution in [2.75, 3.05) is 6.54 Å². The van der Waals surface area contributed by atoms with Crippen molar-refractivity contribution in [3.63, 3.8) is 0 Å². The number of amides is 1. The number of carbonyl (C=O) groups excluding carboxylic acids is 1. The summed E-state index contributed by atoms with van der Waals surface area (Å²) in [7, 11) is 0. The molecule has 1 N–H and O–H groups in total. The van der Waals surface area contributed by atoms with Gasteiger partial charge >= 0.3 is 0 Å². The van der Waals surface area contributed by atoms with E-state index in [9.17, 15) is 13.6 Å². The van der Waals surface area contributed by atoms with E-state index < -0.39 is 11.6 Å². The van der Waals surface area contributed by atoms with E-state index in [1.54, 1.807) is 12.1 Å². The molecule has 2 aromatic rings. The van der Waals surface area contributed by atoms with Crippen molar-refractivity contribution in [3.8, 4) is 0 Å². The van der Waals surface area contributed by atoms with Crippen molar-refractivity contribution in [1.82, 2.24) is 5.32 Å². The van der Waals surface area contributed by atoms with Crippen LogP contribution in [0.5, 0.6) is 0 Å². The van der Waals surface area contributed by atoms with Crippen LogP contribution in [-0.2, 0) is 6.42 Å². The standard InChI is InChI=1S/C16H15F2NO/c1-11-4-2-3-5-14(11)16(20)19-9-8-12-6-7-13(17)10-15(12)18/h2-7,10H,8-9H2,1H3,(H,19,20). The lowest BCUT2D eigenvalue weighted by Crippen LogP contribution is -2.26. The van der Waals surface area contributed by atoms with E-state index in [4.69, 9.17) is 0 Å². The molecule has 2 rings (SSSR count). The summed E-state index contributed by atoms with van der Waals surface area (Å²) >= 11 is 0.